The standard InChI is InChI=1S/C14H23NS/c1-12-6-5-7-13(8-12)9-15(4)10-14(2,3)11-16/h5-8,16H,9-11H2,1-4H3. The quantitative estimate of drug-likeness (QED) is 0.768. The first-order valence-corrected chi connectivity index (χ1v) is 6.41. The molecule has 90 valence electrons. The van der Waals surface area contributed by atoms with Crippen molar-refractivity contribution in [2.45, 2.75) is 27.3 Å². The SMILES string of the molecule is Cc1cccc(CN(C)CC(C)(C)CS)c1. The first-order valence-electron chi connectivity index (χ1n) is 5.78. The first kappa shape index (κ1) is 13.6. The molecule has 0 saturated heterocycles. The van der Waals surface area contributed by atoms with Crippen LogP contribution in [0.3, 0.4) is 0 Å². The fraction of sp³-hybridized carbons (Fsp3) is 0.571. The second kappa shape index (κ2) is 5.74. The van der Waals surface area contributed by atoms with Crippen LogP contribution in [-0.2, 0) is 6.54 Å². The molecule has 0 heterocycles. The van der Waals surface area contributed by atoms with Crippen molar-refractivity contribution in [3.8, 4) is 0 Å². The fourth-order valence-electron chi connectivity index (χ4n) is 1.96. The minimum absolute atomic E-state index is 0.279. The lowest BCUT2D eigenvalue weighted by Gasteiger charge is -2.28. The second-order valence-electron chi connectivity index (χ2n) is 5.48. The van der Waals surface area contributed by atoms with Crippen LogP contribution in [0.5, 0.6) is 0 Å². The summed E-state index contributed by atoms with van der Waals surface area (Å²) in [6, 6.07) is 8.71. The highest BCUT2D eigenvalue weighted by atomic mass is 32.1. The topological polar surface area (TPSA) is 3.24 Å². The van der Waals surface area contributed by atoms with E-state index in [-0.39, 0.29) is 5.41 Å². The van der Waals surface area contributed by atoms with Gasteiger partial charge in [-0.1, -0.05) is 43.7 Å². The Bertz CT molecular complexity index is 333. The molecule has 0 aliphatic carbocycles. The van der Waals surface area contributed by atoms with Crippen molar-refractivity contribution < 1.29 is 0 Å². The fourth-order valence-corrected chi connectivity index (χ4v) is 2.06. The third kappa shape index (κ3) is 4.58. The van der Waals surface area contributed by atoms with Crippen molar-refractivity contribution >= 4 is 12.6 Å². The Morgan fingerprint density at radius 3 is 2.56 bits per heavy atom. The molecule has 1 aromatic carbocycles. The van der Waals surface area contributed by atoms with Gasteiger partial charge < -0.3 is 4.90 Å². The van der Waals surface area contributed by atoms with E-state index in [4.69, 9.17) is 0 Å². The van der Waals surface area contributed by atoms with Gasteiger partial charge in [0.2, 0.25) is 0 Å². The van der Waals surface area contributed by atoms with Gasteiger partial charge in [0.05, 0.1) is 0 Å². The molecule has 16 heavy (non-hydrogen) atoms. The third-order valence-corrected chi connectivity index (χ3v) is 3.52. The van der Waals surface area contributed by atoms with Crippen molar-refractivity contribution in [1.82, 2.24) is 4.90 Å². The molecule has 0 N–H and O–H groups in total. The summed E-state index contributed by atoms with van der Waals surface area (Å²) in [4.78, 5) is 2.37. The summed E-state index contributed by atoms with van der Waals surface area (Å²) in [5, 5.41) is 0. The van der Waals surface area contributed by atoms with E-state index in [0.29, 0.717) is 0 Å². The Labute approximate surface area is 105 Å². The Morgan fingerprint density at radius 2 is 2.00 bits per heavy atom. The molecule has 0 aliphatic heterocycles. The van der Waals surface area contributed by atoms with Crippen LogP contribution < -0.4 is 0 Å². The van der Waals surface area contributed by atoms with Gasteiger partial charge in [-0.15, -0.1) is 0 Å². The van der Waals surface area contributed by atoms with Crippen molar-refractivity contribution in [2.24, 2.45) is 5.41 Å². The van der Waals surface area contributed by atoms with Crippen molar-refractivity contribution in [3.63, 3.8) is 0 Å². The summed E-state index contributed by atoms with van der Waals surface area (Å²) < 4.78 is 0. The molecule has 0 amide bonds. The van der Waals surface area contributed by atoms with Crippen LogP contribution in [0.15, 0.2) is 24.3 Å². The number of rotatable bonds is 5. The van der Waals surface area contributed by atoms with Crippen LogP contribution in [0.4, 0.5) is 0 Å². The molecule has 0 radical (unpaired) electrons. The van der Waals surface area contributed by atoms with Crippen LogP contribution in [0.1, 0.15) is 25.0 Å². The zero-order valence-electron chi connectivity index (χ0n) is 10.8. The molecule has 0 unspecified atom stereocenters. The third-order valence-electron chi connectivity index (χ3n) is 2.66. The Hall–Kier alpha value is -0.470. The number of nitrogens with zero attached hydrogens (tertiary/aromatic N) is 1. The van der Waals surface area contributed by atoms with Crippen LogP contribution in [0, 0.1) is 12.3 Å². The van der Waals surface area contributed by atoms with E-state index in [2.05, 4.69) is 69.6 Å². The molecule has 0 aliphatic rings. The van der Waals surface area contributed by atoms with E-state index in [1.165, 1.54) is 11.1 Å². The Kier molecular flexibility index (Phi) is 4.88. The van der Waals surface area contributed by atoms with E-state index >= 15 is 0 Å². The maximum Gasteiger partial charge on any atom is 0.0231 e. The number of benzene rings is 1. The average Bonchev–Trinajstić information content (AvgIpc) is 2.16. The maximum absolute atomic E-state index is 4.39. The molecule has 0 fully saturated rings. The predicted molar refractivity (Wildman–Crippen MR) is 75.1 cm³/mol. The summed E-state index contributed by atoms with van der Waals surface area (Å²) in [6.07, 6.45) is 0. The molecule has 2 heteroatoms. The van der Waals surface area contributed by atoms with Gasteiger partial charge in [0.1, 0.15) is 0 Å². The van der Waals surface area contributed by atoms with Gasteiger partial charge >= 0.3 is 0 Å². The number of hydrogen-bond donors (Lipinski definition) is 1. The molecule has 1 aromatic rings. The number of thiol groups is 1. The zero-order chi connectivity index (χ0) is 12.2. The van der Waals surface area contributed by atoms with E-state index in [9.17, 15) is 0 Å². The largest absolute Gasteiger partial charge is 0.302 e. The molecular formula is C14H23NS. The van der Waals surface area contributed by atoms with Gasteiger partial charge in [-0.05, 0) is 30.7 Å². The van der Waals surface area contributed by atoms with E-state index in [1.807, 2.05) is 0 Å². The van der Waals surface area contributed by atoms with Gasteiger partial charge in [0, 0.05) is 13.1 Å². The van der Waals surface area contributed by atoms with Crippen LogP contribution >= 0.6 is 12.6 Å². The minimum atomic E-state index is 0.279. The summed E-state index contributed by atoms with van der Waals surface area (Å²) in [6.45, 7) is 8.74. The van der Waals surface area contributed by atoms with Gasteiger partial charge in [-0.3, -0.25) is 0 Å². The van der Waals surface area contributed by atoms with Gasteiger partial charge in [-0.2, -0.15) is 12.6 Å². The van der Waals surface area contributed by atoms with Crippen LogP contribution in [-0.4, -0.2) is 24.2 Å². The monoisotopic (exact) mass is 237 g/mol. The summed E-state index contributed by atoms with van der Waals surface area (Å²) >= 11 is 4.39. The lowest BCUT2D eigenvalue weighted by Crippen LogP contribution is -2.32. The summed E-state index contributed by atoms with van der Waals surface area (Å²) in [5.74, 6) is 0.922. The van der Waals surface area contributed by atoms with Gasteiger partial charge in [0.15, 0.2) is 0 Å². The smallest absolute Gasteiger partial charge is 0.0231 e. The molecule has 0 bridgehead atoms. The van der Waals surface area contributed by atoms with Crippen LogP contribution in [0.25, 0.3) is 0 Å². The maximum atomic E-state index is 4.39. The van der Waals surface area contributed by atoms with E-state index < -0.39 is 0 Å². The van der Waals surface area contributed by atoms with Crippen molar-refractivity contribution in [3.05, 3.63) is 35.4 Å². The molecule has 0 atom stereocenters. The molecule has 1 rings (SSSR count). The second-order valence-corrected chi connectivity index (χ2v) is 5.80. The molecular weight excluding hydrogens is 214 g/mol. The van der Waals surface area contributed by atoms with Crippen molar-refractivity contribution in [1.29, 1.82) is 0 Å². The van der Waals surface area contributed by atoms with Crippen LogP contribution in [0.2, 0.25) is 0 Å². The normalized spacial score (nSPS) is 12.1. The molecule has 0 spiro atoms. The molecule has 0 aromatic heterocycles. The highest BCUT2D eigenvalue weighted by molar-refractivity contribution is 7.80. The highest BCUT2D eigenvalue weighted by Gasteiger charge is 2.17. The molecule has 1 nitrogen and oxygen atoms in total. The summed E-state index contributed by atoms with van der Waals surface area (Å²) in [5.41, 5.74) is 3.00. The number of hydrogen-bond acceptors (Lipinski definition) is 2. The van der Waals surface area contributed by atoms with E-state index in [1.54, 1.807) is 0 Å². The lowest BCUT2D eigenvalue weighted by atomic mass is 9.95. The predicted octanol–water partition coefficient (Wildman–Crippen LogP) is 3.38. The average molecular weight is 237 g/mol. The zero-order valence-corrected chi connectivity index (χ0v) is 11.7. The molecule has 0 saturated carbocycles. The highest BCUT2D eigenvalue weighted by Crippen LogP contribution is 2.19. The van der Waals surface area contributed by atoms with Gasteiger partial charge in [0.25, 0.3) is 0 Å². The van der Waals surface area contributed by atoms with Gasteiger partial charge in [-0.25, -0.2) is 0 Å². The Balaban J connectivity index is 2.55. The summed E-state index contributed by atoms with van der Waals surface area (Å²) in [7, 11) is 2.17. The van der Waals surface area contributed by atoms with Crippen molar-refractivity contribution in [2.75, 3.05) is 19.3 Å². The Morgan fingerprint density at radius 1 is 1.31 bits per heavy atom. The van der Waals surface area contributed by atoms with E-state index in [0.717, 1.165) is 18.8 Å². The minimum Gasteiger partial charge on any atom is -0.302 e. The number of aryl methyl sites for hydroxylation is 1. The lowest BCUT2D eigenvalue weighted by molar-refractivity contribution is 0.225. The first-order chi connectivity index (χ1) is 7.43.